The summed E-state index contributed by atoms with van der Waals surface area (Å²) in [7, 11) is 0. The van der Waals surface area contributed by atoms with Crippen molar-refractivity contribution in [2.75, 3.05) is 0 Å². The number of rotatable bonds is 3. The number of nitrogens with one attached hydrogen (secondary N) is 1. The Morgan fingerprint density at radius 2 is 2.05 bits per heavy atom. The number of hydrogen-bond donors (Lipinski definition) is 1. The van der Waals surface area contributed by atoms with Gasteiger partial charge in [-0.05, 0) is 18.6 Å². The van der Waals surface area contributed by atoms with Gasteiger partial charge in [-0.3, -0.25) is 4.79 Å². The maximum Gasteiger partial charge on any atom is 0.254 e. The predicted octanol–water partition coefficient (Wildman–Crippen LogP) is 3.13. The van der Waals surface area contributed by atoms with E-state index in [0.29, 0.717) is 11.6 Å². The lowest BCUT2D eigenvalue weighted by Crippen LogP contribution is -2.12. The third-order valence-electron chi connectivity index (χ3n) is 2.65. The Balaban J connectivity index is 2.38. The molecule has 0 saturated heterocycles. The Hall–Kier alpha value is -2.17. The molecule has 100 valence electrons. The van der Waals surface area contributed by atoms with Gasteiger partial charge in [-0.15, -0.1) is 0 Å². The van der Waals surface area contributed by atoms with Crippen LogP contribution in [0.2, 0.25) is 0 Å². The highest BCUT2D eigenvalue weighted by Crippen LogP contribution is 2.24. The maximum atomic E-state index is 13.2. The largest absolute Gasteiger partial charge is 0.438 e. The molecule has 0 aliphatic rings. The van der Waals surface area contributed by atoms with Gasteiger partial charge in [-0.1, -0.05) is 19.9 Å². The summed E-state index contributed by atoms with van der Waals surface area (Å²) in [6.45, 7) is 5.62. The van der Waals surface area contributed by atoms with E-state index in [-0.39, 0.29) is 17.4 Å². The van der Waals surface area contributed by atoms with Crippen LogP contribution in [0.3, 0.4) is 0 Å². The van der Waals surface area contributed by atoms with Gasteiger partial charge in [-0.25, -0.2) is 4.39 Å². The minimum Gasteiger partial charge on any atom is -0.438 e. The second-order valence-electron chi connectivity index (χ2n) is 4.64. The van der Waals surface area contributed by atoms with Crippen LogP contribution < -0.4 is 10.3 Å². The minimum absolute atomic E-state index is 0.0739. The van der Waals surface area contributed by atoms with Crippen molar-refractivity contribution in [2.45, 2.75) is 26.7 Å². The molecule has 0 unspecified atom stereocenters. The fourth-order valence-corrected chi connectivity index (χ4v) is 1.58. The van der Waals surface area contributed by atoms with Crippen LogP contribution in [0, 0.1) is 12.7 Å². The number of hydrogen-bond acceptors (Lipinski definition) is 3. The van der Waals surface area contributed by atoms with Crippen molar-refractivity contribution in [2.24, 2.45) is 0 Å². The molecule has 0 fully saturated rings. The van der Waals surface area contributed by atoms with Crippen LogP contribution in [0.25, 0.3) is 0 Å². The molecule has 4 nitrogen and oxygen atoms in total. The van der Waals surface area contributed by atoms with Gasteiger partial charge in [0.25, 0.3) is 5.56 Å². The predicted molar refractivity (Wildman–Crippen MR) is 70.2 cm³/mol. The lowest BCUT2D eigenvalue weighted by atomic mass is 10.2. The number of benzene rings is 1. The fourth-order valence-electron chi connectivity index (χ4n) is 1.58. The SMILES string of the molecule is Cc1ccc(F)cc1Oc1cc(=O)[nH]c(C(C)C)n1. The van der Waals surface area contributed by atoms with Crippen molar-refractivity contribution in [3.05, 3.63) is 51.8 Å². The quantitative estimate of drug-likeness (QED) is 0.924. The van der Waals surface area contributed by atoms with Crippen LogP contribution in [0.5, 0.6) is 11.6 Å². The highest BCUT2D eigenvalue weighted by atomic mass is 19.1. The van der Waals surface area contributed by atoms with Crippen molar-refractivity contribution in [3.63, 3.8) is 0 Å². The number of H-pyrrole nitrogens is 1. The molecule has 1 N–H and O–H groups in total. The van der Waals surface area contributed by atoms with Crippen LogP contribution in [-0.4, -0.2) is 9.97 Å². The summed E-state index contributed by atoms with van der Waals surface area (Å²) in [5.41, 5.74) is 0.484. The van der Waals surface area contributed by atoms with E-state index in [2.05, 4.69) is 9.97 Å². The minimum atomic E-state index is -0.394. The van der Waals surface area contributed by atoms with Crippen LogP contribution in [0.4, 0.5) is 4.39 Å². The maximum absolute atomic E-state index is 13.2. The van der Waals surface area contributed by atoms with Gasteiger partial charge in [0.05, 0.1) is 6.07 Å². The van der Waals surface area contributed by atoms with Crippen LogP contribution in [0.1, 0.15) is 31.2 Å². The number of aromatic amines is 1. The first-order chi connectivity index (χ1) is 8.95. The van der Waals surface area contributed by atoms with Crippen LogP contribution >= 0.6 is 0 Å². The number of aromatic nitrogens is 2. The third-order valence-corrected chi connectivity index (χ3v) is 2.65. The summed E-state index contributed by atoms with van der Waals surface area (Å²) in [6.07, 6.45) is 0. The lowest BCUT2D eigenvalue weighted by Gasteiger charge is -2.10. The summed E-state index contributed by atoms with van der Waals surface area (Å²) in [4.78, 5) is 18.3. The topological polar surface area (TPSA) is 55.0 Å². The summed E-state index contributed by atoms with van der Waals surface area (Å²) in [5, 5.41) is 0. The average Bonchev–Trinajstić information content (AvgIpc) is 2.33. The number of nitrogens with zero attached hydrogens (tertiary/aromatic N) is 1. The first kappa shape index (κ1) is 13.3. The molecule has 0 amide bonds. The highest BCUT2D eigenvalue weighted by Gasteiger charge is 2.09. The van der Waals surface area contributed by atoms with Crippen LogP contribution in [-0.2, 0) is 0 Å². The second kappa shape index (κ2) is 5.22. The molecular weight excluding hydrogens is 247 g/mol. The van der Waals surface area contributed by atoms with Crippen molar-refractivity contribution in [1.29, 1.82) is 0 Å². The van der Waals surface area contributed by atoms with Crippen molar-refractivity contribution in [1.82, 2.24) is 9.97 Å². The molecule has 2 aromatic rings. The monoisotopic (exact) mass is 262 g/mol. The zero-order valence-corrected chi connectivity index (χ0v) is 11.0. The normalized spacial score (nSPS) is 10.8. The number of aryl methyl sites for hydroxylation is 1. The molecule has 0 spiro atoms. The average molecular weight is 262 g/mol. The molecule has 0 saturated carbocycles. The van der Waals surface area contributed by atoms with E-state index >= 15 is 0 Å². The summed E-state index contributed by atoms with van der Waals surface area (Å²) < 4.78 is 18.7. The van der Waals surface area contributed by atoms with Gasteiger partial charge < -0.3 is 9.72 Å². The van der Waals surface area contributed by atoms with Crippen molar-refractivity contribution < 1.29 is 9.13 Å². The Kier molecular flexibility index (Phi) is 3.64. The molecule has 1 heterocycles. The van der Waals surface area contributed by atoms with E-state index in [4.69, 9.17) is 4.74 Å². The first-order valence-corrected chi connectivity index (χ1v) is 6.01. The van der Waals surface area contributed by atoms with Crippen LogP contribution in [0.15, 0.2) is 29.1 Å². The molecular formula is C14H15FN2O2. The number of ether oxygens (including phenoxy) is 1. The van der Waals surface area contributed by atoms with Gasteiger partial charge in [0.15, 0.2) is 0 Å². The second-order valence-corrected chi connectivity index (χ2v) is 4.64. The summed E-state index contributed by atoms with van der Waals surface area (Å²) >= 11 is 0. The molecule has 1 aromatic heterocycles. The molecule has 0 aliphatic heterocycles. The Morgan fingerprint density at radius 1 is 1.32 bits per heavy atom. The zero-order valence-electron chi connectivity index (χ0n) is 11.0. The molecule has 0 atom stereocenters. The number of halogens is 1. The summed E-state index contributed by atoms with van der Waals surface area (Å²) in [6, 6.07) is 5.48. The standard InChI is InChI=1S/C14H15FN2O2/c1-8(2)14-16-12(18)7-13(17-14)19-11-6-10(15)5-4-9(11)3/h4-8H,1-3H3,(H,16,17,18). The molecule has 0 radical (unpaired) electrons. The lowest BCUT2D eigenvalue weighted by molar-refractivity contribution is 0.448. The van der Waals surface area contributed by atoms with E-state index in [1.807, 2.05) is 13.8 Å². The van der Waals surface area contributed by atoms with E-state index in [1.54, 1.807) is 13.0 Å². The van der Waals surface area contributed by atoms with E-state index < -0.39 is 5.82 Å². The van der Waals surface area contributed by atoms with E-state index in [9.17, 15) is 9.18 Å². The Morgan fingerprint density at radius 3 is 2.74 bits per heavy atom. The molecule has 5 heteroatoms. The smallest absolute Gasteiger partial charge is 0.254 e. The van der Waals surface area contributed by atoms with Gasteiger partial charge in [0, 0.05) is 12.0 Å². The van der Waals surface area contributed by atoms with E-state index in [0.717, 1.165) is 5.56 Å². The molecule has 19 heavy (non-hydrogen) atoms. The molecule has 0 aliphatic carbocycles. The molecule has 1 aromatic carbocycles. The Labute approximate surface area is 110 Å². The molecule has 2 rings (SSSR count). The van der Waals surface area contributed by atoms with Crippen molar-refractivity contribution in [3.8, 4) is 11.6 Å². The Bertz CT molecular complexity index is 650. The third kappa shape index (κ3) is 3.19. The zero-order chi connectivity index (χ0) is 14.0. The van der Waals surface area contributed by atoms with Gasteiger partial charge >= 0.3 is 0 Å². The molecule has 0 bridgehead atoms. The highest BCUT2D eigenvalue weighted by molar-refractivity contribution is 5.35. The van der Waals surface area contributed by atoms with Gasteiger partial charge in [-0.2, -0.15) is 4.98 Å². The summed E-state index contributed by atoms with van der Waals surface area (Å²) in [5.74, 6) is 0.741. The van der Waals surface area contributed by atoms with Crippen molar-refractivity contribution >= 4 is 0 Å². The fraction of sp³-hybridized carbons (Fsp3) is 0.286. The van der Waals surface area contributed by atoms with Gasteiger partial charge in [0.1, 0.15) is 17.4 Å². The van der Waals surface area contributed by atoms with E-state index in [1.165, 1.54) is 18.2 Å². The first-order valence-electron chi connectivity index (χ1n) is 6.01. The van der Waals surface area contributed by atoms with Gasteiger partial charge in [0.2, 0.25) is 5.88 Å².